The zero-order chi connectivity index (χ0) is 19.6. The third-order valence-corrected chi connectivity index (χ3v) is 5.63. The molecule has 3 heterocycles. The predicted molar refractivity (Wildman–Crippen MR) is 105 cm³/mol. The number of amides is 1. The van der Waals surface area contributed by atoms with Gasteiger partial charge in [-0.05, 0) is 29.3 Å². The molecule has 0 radical (unpaired) electrons. The highest BCUT2D eigenvalue weighted by atomic mass is 32.2. The molecule has 28 heavy (non-hydrogen) atoms. The number of rotatable bonds is 5. The van der Waals surface area contributed by atoms with Crippen molar-refractivity contribution in [3.8, 4) is 0 Å². The average molecular weight is 397 g/mol. The fraction of sp³-hybridized carbons (Fsp3) is 0.211. The van der Waals surface area contributed by atoms with Crippen LogP contribution >= 0.6 is 0 Å². The molecule has 144 valence electrons. The number of fused-ring (bicyclic) bond motifs is 1. The molecule has 0 bridgehead atoms. The lowest BCUT2D eigenvalue weighted by molar-refractivity contribution is -0.117. The number of hydrogen-bond acceptors (Lipinski definition) is 5. The van der Waals surface area contributed by atoms with Crippen LogP contribution in [0.1, 0.15) is 11.1 Å². The summed E-state index contributed by atoms with van der Waals surface area (Å²) in [4.78, 5) is 14.1. The first-order chi connectivity index (χ1) is 13.5. The summed E-state index contributed by atoms with van der Waals surface area (Å²) in [5, 5.41) is 7.07. The largest absolute Gasteiger partial charge is 0.348 e. The third-order valence-electron chi connectivity index (χ3n) is 4.47. The number of carbonyl (C=O) groups is 1. The summed E-state index contributed by atoms with van der Waals surface area (Å²) in [5.41, 5.74) is 2.58. The standard InChI is InChI=1S/C19H19N5O3S/c25-19(17-6-7-18-22-28(26,27)11-10-23(18)14-17)20-12-15-2-4-16(5-3-15)13-24-9-1-8-21-24/h1-9,14H,10-13H2,(H,20,25). The molecule has 1 amide bonds. The van der Waals surface area contributed by atoms with E-state index in [4.69, 9.17) is 0 Å². The van der Waals surface area contributed by atoms with E-state index in [1.165, 1.54) is 0 Å². The van der Waals surface area contributed by atoms with Crippen molar-refractivity contribution in [1.29, 1.82) is 0 Å². The average Bonchev–Trinajstić information content (AvgIpc) is 3.19. The second-order valence-corrected chi connectivity index (χ2v) is 8.30. The Hall–Kier alpha value is -3.20. The first-order valence-corrected chi connectivity index (χ1v) is 10.4. The lowest BCUT2D eigenvalue weighted by atomic mass is 10.1. The number of aromatic nitrogens is 2. The second-order valence-electron chi connectivity index (χ2n) is 6.55. The van der Waals surface area contributed by atoms with Crippen molar-refractivity contribution in [2.75, 3.05) is 12.3 Å². The molecule has 4 rings (SSSR count). The Balaban J connectivity index is 1.35. The van der Waals surface area contributed by atoms with E-state index in [0.717, 1.165) is 11.1 Å². The molecule has 1 aromatic heterocycles. The van der Waals surface area contributed by atoms with Gasteiger partial charge in [0.2, 0.25) is 0 Å². The molecule has 8 nitrogen and oxygen atoms in total. The molecule has 2 aliphatic heterocycles. The van der Waals surface area contributed by atoms with Crippen molar-refractivity contribution in [2.24, 2.45) is 4.40 Å². The van der Waals surface area contributed by atoms with Gasteiger partial charge in [-0.15, -0.1) is 4.40 Å². The number of nitrogens with one attached hydrogen (secondary N) is 1. The molecule has 9 heteroatoms. The van der Waals surface area contributed by atoms with Crippen molar-refractivity contribution in [3.05, 3.63) is 77.8 Å². The Kier molecular flexibility index (Phi) is 4.82. The van der Waals surface area contributed by atoms with Gasteiger partial charge in [0.15, 0.2) is 0 Å². The van der Waals surface area contributed by atoms with E-state index in [-0.39, 0.29) is 11.7 Å². The first-order valence-electron chi connectivity index (χ1n) is 8.81. The summed E-state index contributed by atoms with van der Waals surface area (Å²) in [6.45, 7) is 1.40. The van der Waals surface area contributed by atoms with Crippen LogP contribution in [0.4, 0.5) is 0 Å². The highest BCUT2D eigenvalue weighted by Crippen LogP contribution is 2.16. The molecular weight excluding hydrogens is 378 g/mol. The highest BCUT2D eigenvalue weighted by molar-refractivity contribution is 7.90. The van der Waals surface area contributed by atoms with Gasteiger partial charge in [0, 0.05) is 31.7 Å². The molecule has 2 aromatic rings. The van der Waals surface area contributed by atoms with Crippen molar-refractivity contribution in [1.82, 2.24) is 20.0 Å². The fourth-order valence-electron chi connectivity index (χ4n) is 2.96. The van der Waals surface area contributed by atoms with E-state index in [1.807, 2.05) is 41.2 Å². The summed E-state index contributed by atoms with van der Waals surface area (Å²) in [7, 11) is -3.40. The quantitative estimate of drug-likeness (QED) is 0.813. The van der Waals surface area contributed by atoms with Crippen molar-refractivity contribution >= 4 is 21.8 Å². The van der Waals surface area contributed by atoms with Crippen LogP contribution in [0, 0.1) is 0 Å². The normalized spacial score (nSPS) is 17.5. The van der Waals surface area contributed by atoms with Crippen LogP contribution in [0.3, 0.4) is 0 Å². The number of hydrogen-bond donors (Lipinski definition) is 1. The molecule has 0 atom stereocenters. The Morgan fingerprint density at radius 3 is 2.68 bits per heavy atom. The number of amidine groups is 1. The maximum Gasteiger partial charge on any atom is 0.256 e. The summed E-state index contributed by atoms with van der Waals surface area (Å²) in [5.74, 6) is 0.0700. The SMILES string of the molecule is O=C(NCc1ccc(Cn2cccn2)cc1)C1=CN2CCS(=O)(=O)N=C2C=C1. The topological polar surface area (TPSA) is 96.7 Å². The van der Waals surface area contributed by atoms with Crippen LogP contribution in [0.2, 0.25) is 0 Å². The summed E-state index contributed by atoms with van der Waals surface area (Å²) >= 11 is 0. The second kappa shape index (κ2) is 7.43. The Labute approximate surface area is 162 Å². The summed E-state index contributed by atoms with van der Waals surface area (Å²) in [6.07, 6.45) is 8.42. The lowest BCUT2D eigenvalue weighted by Crippen LogP contribution is -2.38. The lowest BCUT2D eigenvalue weighted by Gasteiger charge is -2.26. The molecule has 0 saturated heterocycles. The monoisotopic (exact) mass is 397 g/mol. The Morgan fingerprint density at radius 2 is 1.93 bits per heavy atom. The molecule has 0 saturated carbocycles. The molecule has 2 aliphatic rings. The molecule has 1 N–H and O–H groups in total. The van der Waals surface area contributed by atoms with Crippen LogP contribution < -0.4 is 5.32 Å². The van der Waals surface area contributed by atoms with Crippen molar-refractivity contribution in [2.45, 2.75) is 13.1 Å². The molecule has 0 fully saturated rings. The highest BCUT2D eigenvalue weighted by Gasteiger charge is 2.24. The van der Waals surface area contributed by atoms with E-state index in [2.05, 4.69) is 14.8 Å². The molecule has 0 unspecified atom stereocenters. The van der Waals surface area contributed by atoms with E-state index in [0.29, 0.717) is 31.0 Å². The molecule has 0 aliphatic carbocycles. The third kappa shape index (κ3) is 4.20. The van der Waals surface area contributed by atoms with E-state index < -0.39 is 10.0 Å². The van der Waals surface area contributed by atoms with E-state index >= 15 is 0 Å². The maximum atomic E-state index is 12.4. The minimum Gasteiger partial charge on any atom is -0.348 e. The van der Waals surface area contributed by atoms with Gasteiger partial charge in [0.1, 0.15) is 5.84 Å². The van der Waals surface area contributed by atoms with Gasteiger partial charge in [0.05, 0.1) is 17.9 Å². The zero-order valence-electron chi connectivity index (χ0n) is 15.0. The Bertz CT molecular complexity index is 1070. The number of sulfonamides is 1. The van der Waals surface area contributed by atoms with Crippen molar-refractivity contribution < 1.29 is 13.2 Å². The zero-order valence-corrected chi connectivity index (χ0v) is 15.8. The Morgan fingerprint density at radius 1 is 1.14 bits per heavy atom. The minimum atomic E-state index is -3.40. The summed E-state index contributed by atoms with van der Waals surface area (Å²) < 4.78 is 28.6. The van der Waals surface area contributed by atoms with Gasteiger partial charge in [0.25, 0.3) is 15.9 Å². The maximum absolute atomic E-state index is 12.4. The van der Waals surface area contributed by atoms with Gasteiger partial charge in [-0.25, -0.2) is 8.42 Å². The molecular formula is C19H19N5O3S. The molecule has 1 aromatic carbocycles. The molecule has 0 spiro atoms. The van der Waals surface area contributed by atoms with Gasteiger partial charge in [-0.2, -0.15) is 5.10 Å². The number of carbonyl (C=O) groups excluding carboxylic acids is 1. The van der Waals surface area contributed by atoms with Crippen molar-refractivity contribution in [3.63, 3.8) is 0 Å². The van der Waals surface area contributed by atoms with Gasteiger partial charge in [-0.1, -0.05) is 24.3 Å². The van der Waals surface area contributed by atoms with E-state index in [9.17, 15) is 13.2 Å². The van der Waals surface area contributed by atoms with Crippen LogP contribution in [0.25, 0.3) is 0 Å². The number of nitrogens with zero attached hydrogens (tertiary/aromatic N) is 4. The van der Waals surface area contributed by atoms with Crippen LogP contribution in [0.15, 0.2) is 71.0 Å². The predicted octanol–water partition coefficient (Wildman–Crippen LogP) is 1.05. The summed E-state index contributed by atoms with van der Waals surface area (Å²) in [6, 6.07) is 9.87. The minimum absolute atomic E-state index is 0.0549. The fourth-order valence-corrected chi connectivity index (χ4v) is 3.93. The smallest absolute Gasteiger partial charge is 0.256 e. The van der Waals surface area contributed by atoms with E-state index in [1.54, 1.807) is 29.4 Å². The van der Waals surface area contributed by atoms with Gasteiger partial charge < -0.3 is 10.2 Å². The van der Waals surface area contributed by atoms with Crippen LogP contribution in [0.5, 0.6) is 0 Å². The van der Waals surface area contributed by atoms with Crippen LogP contribution in [-0.4, -0.2) is 47.1 Å². The van der Waals surface area contributed by atoms with Gasteiger partial charge in [-0.3, -0.25) is 9.48 Å². The van der Waals surface area contributed by atoms with Crippen LogP contribution in [-0.2, 0) is 27.9 Å². The number of benzene rings is 1. The first kappa shape index (κ1) is 18.2. The van der Waals surface area contributed by atoms with Gasteiger partial charge >= 0.3 is 0 Å².